The molecule has 2 aromatic carbocycles. The number of aliphatic hydroxyl groups is 1. The van der Waals surface area contributed by atoms with Gasteiger partial charge in [0.15, 0.2) is 11.5 Å². The Morgan fingerprint density at radius 3 is 2.35 bits per heavy atom. The van der Waals surface area contributed by atoms with Crippen LogP contribution in [-0.2, 0) is 9.59 Å². The molecule has 132 valence electrons. The van der Waals surface area contributed by atoms with Gasteiger partial charge in [-0.05, 0) is 42.8 Å². The minimum Gasteiger partial charge on any atom is -0.503 e. The van der Waals surface area contributed by atoms with E-state index in [9.17, 15) is 24.6 Å². The summed E-state index contributed by atoms with van der Waals surface area (Å²) in [6.45, 7) is 1.28. The van der Waals surface area contributed by atoms with Gasteiger partial charge in [0.05, 0.1) is 17.2 Å². The Morgan fingerprint density at radius 1 is 1.12 bits per heavy atom. The molecule has 3 rings (SSSR count). The van der Waals surface area contributed by atoms with Crippen LogP contribution in [0.1, 0.15) is 28.9 Å². The molecule has 1 aliphatic rings. The average Bonchev–Trinajstić information content (AvgIpc) is 2.87. The van der Waals surface area contributed by atoms with E-state index in [-0.39, 0.29) is 16.8 Å². The van der Waals surface area contributed by atoms with Crippen molar-refractivity contribution in [3.8, 4) is 0 Å². The Morgan fingerprint density at radius 2 is 1.77 bits per heavy atom. The molecule has 0 saturated carbocycles. The summed E-state index contributed by atoms with van der Waals surface area (Å²) in [5, 5.41) is 19.5. The number of aromatic carboxylic acids is 1. The summed E-state index contributed by atoms with van der Waals surface area (Å²) in [6, 6.07) is 12.0. The maximum absolute atomic E-state index is 12.7. The quantitative estimate of drug-likeness (QED) is 0.794. The third-order valence-electron chi connectivity index (χ3n) is 4.14. The van der Waals surface area contributed by atoms with Crippen molar-refractivity contribution >= 4 is 39.3 Å². The van der Waals surface area contributed by atoms with Gasteiger partial charge in [-0.1, -0.05) is 34.1 Å². The smallest absolute Gasteiger partial charge is 0.335 e. The Kier molecular flexibility index (Phi) is 4.65. The summed E-state index contributed by atoms with van der Waals surface area (Å²) in [7, 11) is 0. The van der Waals surface area contributed by atoms with Gasteiger partial charge in [0.2, 0.25) is 0 Å². The SMILES string of the molecule is CC(=O)C1=C(O)C(=O)N(c2cccc(C(=O)O)c2)C1c1ccc(Br)cc1. The summed E-state index contributed by atoms with van der Waals surface area (Å²) in [6.07, 6.45) is 0. The summed E-state index contributed by atoms with van der Waals surface area (Å²) >= 11 is 3.33. The fraction of sp³-hybridized carbons (Fsp3) is 0.105. The van der Waals surface area contributed by atoms with Crippen LogP contribution in [0.25, 0.3) is 0 Å². The van der Waals surface area contributed by atoms with E-state index in [1.807, 2.05) is 0 Å². The summed E-state index contributed by atoms with van der Waals surface area (Å²) < 4.78 is 0.822. The zero-order valence-electron chi connectivity index (χ0n) is 13.6. The van der Waals surface area contributed by atoms with Crippen molar-refractivity contribution in [2.75, 3.05) is 4.90 Å². The number of benzene rings is 2. The molecule has 0 aromatic heterocycles. The highest BCUT2D eigenvalue weighted by atomic mass is 79.9. The Bertz CT molecular complexity index is 949. The summed E-state index contributed by atoms with van der Waals surface area (Å²) in [4.78, 5) is 37.3. The molecule has 26 heavy (non-hydrogen) atoms. The molecule has 1 aliphatic heterocycles. The first-order valence-corrected chi connectivity index (χ1v) is 8.47. The van der Waals surface area contributed by atoms with Crippen LogP contribution in [0.5, 0.6) is 0 Å². The number of hydrogen-bond acceptors (Lipinski definition) is 4. The van der Waals surface area contributed by atoms with E-state index in [4.69, 9.17) is 0 Å². The standard InChI is InChI=1S/C19H14BrNO5/c1-10(22)15-16(11-5-7-13(20)8-6-11)21(18(24)17(15)23)14-4-2-3-12(9-14)19(25)26/h2-9,16,23H,1H3,(H,25,26). The Hall–Kier alpha value is -2.93. The number of anilines is 1. The number of carboxylic acids is 1. The minimum atomic E-state index is -1.14. The van der Waals surface area contributed by atoms with E-state index < -0.39 is 29.5 Å². The topological polar surface area (TPSA) is 94.9 Å². The zero-order valence-corrected chi connectivity index (χ0v) is 15.2. The zero-order chi connectivity index (χ0) is 19.0. The lowest BCUT2D eigenvalue weighted by atomic mass is 9.96. The third kappa shape index (κ3) is 3.01. The van der Waals surface area contributed by atoms with E-state index in [2.05, 4.69) is 15.9 Å². The maximum atomic E-state index is 12.7. The highest BCUT2D eigenvalue weighted by molar-refractivity contribution is 9.10. The van der Waals surface area contributed by atoms with E-state index in [0.29, 0.717) is 5.56 Å². The molecule has 0 bridgehead atoms. The van der Waals surface area contributed by atoms with Crippen LogP contribution in [-0.4, -0.2) is 27.9 Å². The molecule has 1 atom stereocenters. The lowest BCUT2D eigenvalue weighted by Gasteiger charge is -2.27. The lowest BCUT2D eigenvalue weighted by Crippen LogP contribution is -2.31. The van der Waals surface area contributed by atoms with Gasteiger partial charge in [0.25, 0.3) is 5.91 Å². The number of halogens is 1. The highest BCUT2D eigenvalue weighted by Gasteiger charge is 2.43. The predicted octanol–water partition coefficient (Wildman–Crippen LogP) is 3.64. The minimum absolute atomic E-state index is 0.000575. The first-order chi connectivity index (χ1) is 12.3. The van der Waals surface area contributed by atoms with Crippen LogP contribution >= 0.6 is 15.9 Å². The van der Waals surface area contributed by atoms with Crippen LogP contribution in [0.2, 0.25) is 0 Å². The molecule has 2 N–H and O–H groups in total. The van der Waals surface area contributed by atoms with Crippen molar-refractivity contribution in [1.82, 2.24) is 0 Å². The van der Waals surface area contributed by atoms with Gasteiger partial charge in [-0.2, -0.15) is 0 Å². The average molecular weight is 416 g/mol. The summed E-state index contributed by atoms with van der Waals surface area (Å²) in [5.74, 6) is -2.93. The van der Waals surface area contributed by atoms with Gasteiger partial charge in [-0.3, -0.25) is 14.5 Å². The molecule has 0 spiro atoms. The van der Waals surface area contributed by atoms with E-state index in [0.717, 1.165) is 4.47 Å². The van der Waals surface area contributed by atoms with Gasteiger partial charge in [-0.25, -0.2) is 4.79 Å². The molecule has 1 amide bonds. The van der Waals surface area contributed by atoms with Gasteiger partial charge >= 0.3 is 5.97 Å². The van der Waals surface area contributed by atoms with Crippen molar-refractivity contribution in [2.45, 2.75) is 13.0 Å². The fourth-order valence-electron chi connectivity index (χ4n) is 2.98. The molecule has 0 radical (unpaired) electrons. The maximum Gasteiger partial charge on any atom is 0.335 e. The van der Waals surface area contributed by atoms with Crippen molar-refractivity contribution in [1.29, 1.82) is 0 Å². The van der Waals surface area contributed by atoms with Crippen molar-refractivity contribution in [3.05, 3.63) is 75.5 Å². The molecular weight excluding hydrogens is 402 g/mol. The first-order valence-electron chi connectivity index (χ1n) is 7.67. The molecular formula is C19H14BrNO5. The second-order valence-electron chi connectivity index (χ2n) is 5.80. The number of rotatable bonds is 4. The van der Waals surface area contributed by atoms with Crippen molar-refractivity contribution in [3.63, 3.8) is 0 Å². The third-order valence-corrected chi connectivity index (χ3v) is 4.67. The first kappa shape index (κ1) is 17.9. The Labute approximate surface area is 157 Å². The summed E-state index contributed by atoms with van der Waals surface area (Å²) in [5.41, 5.74) is 0.890. The van der Waals surface area contributed by atoms with Crippen LogP contribution in [0, 0.1) is 0 Å². The van der Waals surface area contributed by atoms with Crippen molar-refractivity contribution in [2.24, 2.45) is 0 Å². The second kappa shape index (κ2) is 6.76. The van der Waals surface area contributed by atoms with Crippen LogP contribution in [0.3, 0.4) is 0 Å². The molecule has 0 saturated heterocycles. The fourth-order valence-corrected chi connectivity index (χ4v) is 3.24. The Balaban J connectivity index is 2.18. The monoisotopic (exact) mass is 415 g/mol. The van der Waals surface area contributed by atoms with Crippen LogP contribution in [0.4, 0.5) is 5.69 Å². The predicted molar refractivity (Wildman–Crippen MR) is 98.1 cm³/mol. The number of carbonyl (C=O) groups excluding carboxylic acids is 2. The number of nitrogens with zero attached hydrogens (tertiary/aromatic N) is 1. The van der Waals surface area contributed by atoms with E-state index in [1.165, 1.54) is 30.0 Å². The normalized spacial score (nSPS) is 16.9. The van der Waals surface area contributed by atoms with Gasteiger partial charge in [0.1, 0.15) is 0 Å². The molecule has 0 aliphatic carbocycles. The molecule has 6 nitrogen and oxygen atoms in total. The largest absolute Gasteiger partial charge is 0.503 e. The lowest BCUT2D eigenvalue weighted by molar-refractivity contribution is -0.117. The number of aliphatic hydroxyl groups excluding tert-OH is 1. The van der Waals surface area contributed by atoms with Crippen LogP contribution < -0.4 is 4.90 Å². The van der Waals surface area contributed by atoms with E-state index >= 15 is 0 Å². The number of carbonyl (C=O) groups is 3. The van der Waals surface area contributed by atoms with Gasteiger partial charge in [0, 0.05) is 10.2 Å². The van der Waals surface area contributed by atoms with E-state index in [1.54, 1.807) is 30.3 Å². The number of Topliss-reactive ketones (excluding diaryl/α,β-unsaturated/α-hetero) is 1. The molecule has 1 unspecified atom stereocenters. The number of ketones is 1. The van der Waals surface area contributed by atoms with Crippen molar-refractivity contribution < 1.29 is 24.6 Å². The molecule has 1 heterocycles. The number of amides is 1. The molecule has 0 fully saturated rings. The molecule has 2 aromatic rings. The molecule has 7 heteroatoms. The highest BCUT2D eigenvalue weighted by Crippen LogP contribution is 2.41. The number of carboxylic acid groups (broad SMARTS) is 1. The van der Waals surface area contributed by atoms with Gasteiger partial charge < -0.3 is 10.2 Å². The second-order valence-corrected chi connectivity index (χ2v) is 6.72. The van der Waals surface area contributed by atoms with Crippen LogP contribution in [0.15, 0.2) is 64.3 Å². The van der Waals surface area contributed by atoms with Gasteiger partial charge in [-0.15, -0.1) is 0 Å². The number of hydrogen-bond donors (Lipinski definition) is 2.